The summed E-state index contributed by atoms with van der Waals surface area (Å²) < 4.78 is 19.9. The Morgan fingerprint density at radius 3 is 2.61 bits per heavy atom. The van der Waals surface area contributed by atoms with Gasteiger partial charge in [-0.1, -0.05) is 6.07 Å². The third-order valence-electron chi connectivity index (χ3n) is 4.14. The lowest BCUT2D eigenvalue weighted by atomic mass is 10.1. The van der Waals surface area contributed by atoms with E-state index in [9.17, 15) is 29.2 Å². The van der Waals surface area contributed by atoms with Crippen LogP contribution in [-0.2, 0) is 16.1 Å². The molecule has 0 spiro atoms. The number of rotatable bonds is 8. The number of amides is 1. The van der Waals surface area contributed by atoms with Crippen LogP contribution in [0.3, 0.4) is 0 Å². The number of carbonyl (C=O) groups excluding carboxylic acids is 1. The van der Waals surface area contributed by atoms with Crippen molar-refractivity contribution in [1.29, 1.82) is 0 Å². The maximum absolute atomic E-state index is 13.8. The van der Waals surface area contributed by atoms with Gasteiger partial charge >= 0.3 is 11.7 Å². The first-order valence-electron chi connectivity index (χ1n) is 8.19. The second-order valence-electron chi connectivity index (χ2n) is 5.98. The summed E-state index contributed by atoms with van der Waals surface area (Å²) in [5.74, 6) is -2.79. The van der Waals surface area contributed by atoms with E-state index in [0.29, 0.717) is 5.69 Å². The number of benzene rings is 1. The minimum atomic E-state index is -1.46. The van der Waals surface area contributed by atoms with Gasteiger partial charge in [0.1, 0.15) is 11.4 Å². The quantitative estimate of drug-likeness (QED) is 0.515. The lowest BCUT2D eigenvalue weighted by molar-refractivity contribution is -0.386. The molecular weight excluding hydrogens is 375 g/mol. The summed E-state index contributed by atoms with van der Waals surface area (Å²) in [6, 6.07) is 2.12. The number of carboxylic acids is 1. The van der Waals surface area contributed by atoms with Crippen molar-refractivity contribution in [2.24, 2.45) is 0 Å². The fourth-order valence-corrected chi connectivity index (χ4v) is 2.76. The maximum atomic E-state index is 13.8. The third-order valence-corrected chi connectivity index (χ3v) is 4.14. The van der Waals surface area contributed by atoms with Crippen molar-refractivity contribution in [1.82, 2.24) is 15.1 Å². The number of nitro groups is 1. The molecular formula is C17H19FN4O6. The molecule has 2 aromatic rings. The number of hydrogen-bond donors (Lipinski definition) is 2. The SMILES string of the molecule is COc1ccc(C(NC(=O)CCn2nc(C)c([N+](=O)[O-])c2C)C(=O)O)cc1F. The van der Waals surface area contributed by atoms with Crippen molar-refractivity contribution < 1.29 is 28.7 Å². The molecule has 1 aromatic carbocycles. The number of ether oxygens (including phenoxy) is 1. The van der Waals surface area contributed by atoms with Crippen molar-refractivity contribution in [3.63, 3.8) is 0 Å². The smallest absolute Gasteiger partial charge is 0.330 e. The number of methoxy groups -OCH3 is 1. The summed E-state index contributed by atoms with van der Waals surface area (Å²) in [4.78, 5) is 34.1. The van der Waals surface area contributed by atoms with Crippen LogP contribution in [0.25, 0.3) is 0 Å². The molecule has 0 radical (unpaired) electrons. The van der Waals surface area contributed by atoms with Gasteiger partial charge in [-0.3, -0.25) is 19.6 Å². The third kappa shape index (κ3) is 4.42. The average Bonchev–Trinajstić information content (AvgIpc) is 2.91. The van der Waals surface area contributed by atoms with E-state index in [1.54, 1.807) is 0 Å². The van der Waals surface area contributed by atoms with E-state index in [4.69, 9.17) is 4.74 Å². The number of nitrogens with zero attached hydrogens (tertiary/aromatic N) is 3. The van der Waals surface area contributed by atoms with Crippen LogP contribution in [0.15, 0.2) is 18.2 Å². The van der Waals surface area contributed by atoms with E-state index in [1.165, 1.54) is 37.8 Å². The Balaban J connectivity index is 2.10. The number of carbonyl (C=O) groups is 2. The van der Waals surface area contributed by atoms with Gasteiger partial charge in [0.15, 0.2) is 17.6 Å². The first-order chi connectivity index (χ1) is 13.1. The molecule has 2 N–H and O–H groups in total. The standard InChI is InChI=1S/C17H19FN4O6/c1-9-16(22(26)27)10(2)21(20-9)7-6-14(23)19-15(17(24)25)11-4-5-13(28-3)12(18)8-11/h4-5,8,15H,6-7H2,1-3H3,(H,19,23)(H,24,25). The highest BCUT2D eigenvalue weighted by Gasteiger charge is 2.25. The molecule has 1 atom stereocenters. The summed E-state index contributed by atoms with van der Waals surface area (Å²) in [7, 11) is 1.28. The molecule has 10 nitrogen and oxygen atoms in total. The molecule has 11 heteroatoms. The number of hydrogen-bond acceptors (Lipinski definition) is 6. The summed E-state index contributed by atoms with van der Waals surface area (Å²) >= 11 is 0. The molecule has 28 heavy (non-hydrogen) atoms. The molecule has 0 bridgehead atoms. The second kappa shape index (κ2) is 8.46. The number of carboxylic acid groups (broad SMARTS) is 1. The second-order valence-corrected chi connectivity index (χ2v) is 5.98. The van der Waals surface area contributed by atoms with E-state index in [-0.39, 0.29) is 35.7 Å². The average molecular weight is 394 g/mol. The van der Waals surface area contributed by atoms with Crippen LogP contribution in [0.4, 0.5) is 10.1 Å². The minimum absolute atomic E-state index is 0.0235. The number of aromatic nitrogens is 2. The van der Waals surface area contributed by atoms with E-state index in [2.05, 4.69) is 10.4 Å². The van der Waals surface area contributed by atoms with Gasteiger partial charge in [-0.25, -0.2) is 9.18 Å². The van der Waals surface area contributed by atoms with Gasteiger partial charge in [-0.05, 0) is 31.5 Å². The molecule has 0 aliphatic rings. The molecule has 2 rings (SSSR count). The van der Waals surface area contributed by atoms with Crippen LogP contribution < -0.4 is 10.1 Å². The van der Waals surface area contributed by atoms with Gasteiger partial charge in [0.25, 0.3) is 0 Å². The zero-order chi connectivity index (χ0) is 21.0. The highest BCUT2D eigenvalue weighted by Crippen LogP contribution is 2.23. The molecule has 0 aliphatic carbocycles. The molecule has 1 aromatic heterocycles. The molecule has 1 unspecified atom stereocenters. The zero-order valence-corrected chi connectivity index (χ0v) is 15.4. The van der Waals surface area contributed by atoms with Crippen molar-refractivity contribution in [3.8, 4) is 5.75 Å². The number of nitrogens with one attached hydrogen (secondary N) is 1. The van der Waals surface area contributed by atoms with E-state index < -0.39 is 28.7 Å². The number of aliphatic carboxylic acids is 1. The van der Waals surface area contributed by atoms with Crippen LogP contribution in [-0.4, -0.2) is 38.8 Å². The summed E-state index contributed by atoms with van der Waals surface area (Å²) in [5, 5.41) is 26.7. The molecule has 0 saturated heterocycles. The normalized spacial score (nSPS) is 11.7. The van der Waals surface area contributed by atoms with Crippen LogP contribution in [0.1, 0.15) is 29.4 Å². The van der Waals surface area contributed by atoms with Gasteiger partial charge in [-0.2, -0.15) is 5.10 Å². The number of halogens is 1. The monoisotopic (exact) mass is 394 g/mol. The van der Waals surface area contributed by atoms with E-state index in [0.717, 1.165) is 6.07 Å². The number of aryl methyl sites for hydroxylation is 2. The Bertz CT molecular complexity index is 927. The van der Waals surface area contributed by atoms with Crippen molar-refractivity contribution >= 4 is 17.6 Å². The van der Waals surface area contributed by atoms with Crippen LogP contribution in [0, 0.1) is 29.8 Å². The Morgan fingerprint density at radius 2 is 2.11 bits per heavy atom. The van der Waals surface area contributed by atoms with Crippen LogP contribution in [0.2, 0.25) is 0 Å². The van der Waals surface area contributed by atoms with Gasteiger partial charge in [0, 0.05) is 6.42 Å². The fraction of sp³-hybridized carbons (Fsp3) is 0.353. The van der Waals surface area contributed by atoms with Crippen molar-refractivity contribution in [3.05, 3.63) is 51.1 Å². The topological polar surface area (TPSA) is 137 Å². The minimum Gasteiger partial charge on any atom is -0.494 e. The molecule has 0 aliphatic heterocycles. The van der Waals surface area contributed by atoms with Gasteiger partial charge in [-0.15, -0.1) is 0 Å². The highest BCUT2D eigenvalue weighted by atomic mass is 19.1. The molecule has 0 fully saturated rings. The van der Waals surface area contributed by atoms with Gasteiger partial charge in [0.2, 0.25) is 5.91 Å². The highest BCUT2D eigenvalue weighted by molar-refractivity contribution is 5.84. The summed E-state index contributed by atoms with van der Waals surface area (Å²) in [6.07, 6.45) is -0.165. The summed E-state index contributed by atoms with van der Waals surface area (Å²) in [5.41, 5.74) is 0.431. The van der Waals surface area contributed by atoms with Crippen molar-refractivity contribution in [2.45, 2.75) is 32.9 Å². The molecule has 0 saturated carbocycles. The Kier molecular flexibility index (Phi) is 6.29. The predicted molar refractivity (Wildman–Crippen MR) is 94.4 cm³/mol. The first-order valence-corrected chi connectivity index (χ1v) is 8.19. The maximum Gasteiger partial charge on any atom is 0.330 e. The molecule has 150 valence electrons. The fourth-order valence-electron chi connectivity index (χ4n) is 2.76. The predicted octanol–water partition coefficient (Wildman–Crippen LogP) is 1.89. The largest absolute Gasteiger partial charge is 0.494 e. The lowest BCUT2D eigenvalue weighted by Gasteiger charge is -2.16. The Hall–Kier alpha value is -3.50. The van der Waals surface area contributed by atoms with Gasteiger partial charge in [0.05, 0.1) is 18.6 Å². The summed E-state index contributed by atoms with van der Waals surface area (Å²) in [6.45, 7) is 3.02. The zero-order valence-electron chi connectivity index (χ0n) is 15.4. The first kappa shape index (κ1) is 20.8. The Labute approximate surface area is 159 Å². The molecule has 1 heterocycles. The van der Waals surface area contributed by atoms with E-state index >= 15 is 0 Å². The van der Waals surface area contributed by atoms with E-state index in [1.807, 2.05) is 0 Å². The van der Waals surface area contributed by atoms with Crippen molar-refractivity contribution in [2.75, 3.05) is 7.11 Å². The Morgan fingerprint density at radius 1 is 1.43 bits per heavy atom. The van der Waals surface area contributed by atoms with Crippen LogP contribution >= 0.6 is 0 Å². The van der Waals surface area contributed by atoms with Crippen LogP contribution in [0.5, 0.6) is 5.75 Å². The van der Waals surface area contributed by atoms with Gasteiger partial charge < -0.3 is 15.2 Å². The lowest BCUT2D eigenvalue weighted by Crippen LogP contribution is -2.34. The molecule has 1 amide bonds.